The molecule has 1 heterocycles. The number of para-hydroxylation sites is 1. The van der Waals surface area contributed by atoms with Gasteiger partial charge in [0.05, 0.1) is 12.1 Å². The SMILES string of the molecule is CC(C)(C)OC(=O)N[C@@H]1c2ccccc2C=C[C@H]1N1CCN(c2ccccc2)CC1. The van der Waals surface area contributed by atoms with Crippen molar-refractivity contribution in [2.45, 2.75) is 38.5 Å². The maximum Gasteiger partial charge on any atom is 0.408 e. The molecule has 1 amide bonds. The third-order valence-electron chi connectivity index (χ3n) is 5.68. The van der Waals surface area contributed by atoms with Crippen LogP contribution in [0.4, 0.5) is 10.5 Å². The van der Waals surface area contributed by atoms with Crippen molar-refractivity contribution in [3.05, 3.63) is 71.8 Å². The first kappa shape index (κ1) is 20.5. The summed E-state index contributed by atoms with van der Waals surface area (Å²) in [5.74, 6) is 0. The summed E-state index contributed by atoms with van der Waals surface area (Å²) in [6, 6.07) is 18.8. The number of hydrogen-bond donors (Lipinski definition) is 1. The van der Waals surface area contributed by atoms with E-state index in [9.17, 15) is 4.79 Å². The zero-order valence-electron chi connectivity index (χ0n) is 18.0. The third kappa shape index (κ3) is 4.68. The number of carbonyl (C=O) groups is 1. The van der Waals surface area contributed by atoms with Gasteiger partial charge in [0.25, 0.3) is 0 Å². The molecule has 2 aromatic carbocycles. The van der Waals surface area contributed by atoms with E-state index in [1.165, 1.54) is 5.69 Å². The first-order valence-corrected chi connectivity index (χ1v) is 10.7. The van der Waals surface area contributed by atoms with Gasteiger partial charge in [0, 0.05) is 31.9 Å². The second-order valence-corrected chi connectivity index (χ2v) is 8.96. The molecule has 0 unspecified atom stereocenters. The van der Waals surface area contributed by atoms with E-state index in [1.807, 2.05) is 32.9 Å². The van der Waals surface area contributed by atoms with Crippen molar-refractivity contribution in [3.63, 3.8) is 0 Å². The average molecular weight is 406 g/mol. The molecule has 0 saturated carbocycles. The van der Waals surface area contributed by atoms with Gasteiger partial charge in [-0.15, -0.1) is 0 Å². The van der Waals surface area contributed by atoms with Crippen molar-refractivity contribution < 1.29 is 9.53 Å². The number of amides is 1. The molecule has 2 atom stereocenters. The molecule has 0 aromatic heterocycles. The Morgan fingerprint density at radius 2 is 1.63 bits per heavy atom. The van der Waals surface area contributed by atoms with Crippen LogP contribution >= 0.6 is 0 Å². The van der Waals surface area contributed by atoms with Gasteiger partial charge >= 0.3 is 6.09 Å². The van der Waals surface area contributed by atoms with Gasteiger partial charge in [-0.2, -0.15) is 0 Å². The van der Waals surface area contributed by atoms with E-state index in [-0.39, 0.29) is 18.2 Å². The monoisotopic (exact) mass is 405 g/mol. The highest BCUT2D eigenvalue weighted by Gasteiger charge is 2.34. The summed E-state index contributed by atoms with van der Waals surface area (Å²) in [4.78, 5) is 17.5. The maximum atomic E-state index is 12.6. The second-order valence-electron chi connectivity index (χ2n) is 8.96. The van der Waals surface area contributed by atoms with Crippen LogP contribution in [0, 0.1) is 0 Å². The highest BCUT2D eigenvalue weighted by Crippen LogP contribution is 2.32. The third-order valence-corrected chi connectivity index (χ3v) is 5.68. The van der Waals surface area contributed by atoms with Crippen molar-refractivity contribution in [3.8, 4) is 0 Å². The van der Waals surface area contributed by atoms with E-state index in [0.29, 0.717) is 0 Å². The summed E-state index contributed by atoms with van der Waals surface area (Å²) >= 11 is 0. The van der Waals surface area contributed by atoms with Gasteiger partial charge in [0.1, 0.15) is 5.60 Å². The van der Waals surface area contributed by atoms with Crippen LogP contribution in [0.3, 0.4) is 0 Å². The average Bonchev–Trinajstić information content (AvgIpc) is 2.73. The molecule has 5 heteroatoms. The fourth-order valence-electron chi connectivity index (χ4n) is 4.29. The maximum absolute atomic E-state index is 12.6. The van der Waals surface area contributed by atoms with Gasteiger partial charge in [-0.25, -0.2) is 4.79 Å². The molecule has 30 heavy (non-hydrogen) atoms. The molecule has 1 fully saturated rings. The quantitative estimate of drug-likeness (QED) is 0.818. The van der Waals surface area contributed by atoms with Crippen LogP contribution in [0.25, 0.3) is 6.08 Å². The Kier molecular flexibility index (Phi) is 5.82. The largest absolute Gasteiger partial charge is 0.444 e. The number of hydrogen-bond acceptors (Lipinski definition) is 4. The molecule has 158 valence electrons. The molecule has 2 aromatic rings. The highest BCUT2D eigenvalue weighted by atomic mass is 16.6. The Morgan fingerprint density at radius 3 is 2.33 bits per heavy atom. The predicted molar refractivity (Wildman–Crippen MR) is 122 cm³/mol. The highest BCUT2D eigenvalue weighted by molar-refractivity contribution is 5.70. The van der Waals surface area contributed by atoms with Crippen LogP contribution in [-0.4, -0.2) is 48.8 Å². The van der Waals surface area contributed by atoms with Crippen LogP contribution in [0.15, 0.2) is 60.7 Å². The van der Waals surface area contributed by atoms with Crippen LogP contribution in [-0.2, 0) is 4.74 Å². The number of rotatable bonds is 3. The summed E-state index contributed by atoms with van der Waals surface area (Å²) < 4.78 is 5.57. The predicted octanol–water partition coefficient (Wildman–Crippen LogP) is 4.47. The van der Waals surface area contributed by atoms with Gasteiger partial charge < -0.3 is 15.0 Å². The lowest BCUT2D eigenvalue weighted by atomic mass is 9.88. The number of piperazine rings is 1. The minimum Gasteiger partial charge on any atom is -0.444 e. The Bertz CT molecular complexity index is 896. The van der Waals surface area contributed by atoms with Crippen molar-refractivity contribution in [1.29, 1.82) is 0 Å². The minimum atomic E-state index is -0.523. The van der Waals surface area contributed by atoms with E-state index in [0.717, 1.165) is 37.3 Å². The van der Waals surface area contributed by atoms with E-state index in [1.54, 1.807) is 0 Å². The van der Waals surface area contributed by atoms with Crippen molar-refractivity contribution in [2.24, 2.45) is 0 Å². The fraction of sp³-hybridized carbons (Fsp3) is 0.400. The molecule has 1 N–H and O–H groups in total. The van der Waals surface area contributed by atoms with Crippen LogP contribution in [0.2, 0.25) is 0 Å². The molecule has 1 aliphatic heterocycles. The van der Waals surface area contributed by atoms with Crippen molar-refractivity contribution in [2.75, 3.05) is 31.1 Å². The molecule has 2 aliphatic rings. The Balaban J connectivity index is 1.50. The van der Waals surface area contributed by atoms with Crippen LogP contribution in [0.1, 0.15) is 37.9 Å². The van der Waals surface area contributed by atoms with Gasteiger partial charge in [-0.3, -0.25) is 4.90 Å². The summed E-state index contributed by atoms with van der Waals surface area (Å²) in [7, 11) is 0. The molecule has 4 rings (SSSR count). The topological polar surface area (TPSA) is 44.8 Å². The number of benzene rings is 2. The zero-order valence-corrected chi connectivity index (χ0v) is 18.0. The van der Waals surface area contributed by atoms with E-state index >= 15 is 0 Å². The second kappa shape index (κ2) is 8.52. The molecular weight excluding hydrogens is 374 g/mol. The minimum absolute atomic E-state index is 0.102. The smallest absolute Gasteiger partial charge is 0.408 e. The van der Waals surface area contributed by atoms with Crippen LogP contribution in [0.5, 0.6) is 0 Å². The number of carbonyl (C=O) groups excluding carboxylic acids is 1. The van der Waals surface area contributed by atoms with E-state index in [2.05, 4.69) is 69.7 Å². The Labute approximate surface area is 179 Å². The summed E-state index contributed by atoms with van der Waals surface area (Å²) in [5.41, 5.74) is 3.04. The summed E-state index contributed by atoms with van der Waals surface area (Å²) in [6.45, 7) is 9.49. The van der Waals surface area contributed by atoms with Gasteiger partial charge in [-0.05, 0) is 44.0 Å². The van der Waals surface area contributed by atoms with Gasteiger partial charge in [-0.1, -0.05) is 54.6 Å². The molecule has 1 saturated heterocycles. The van der Waals surface area contributed by atoms with Gasteiger partial charge in [0.15, 0.2) is 0 Å². The Hall–Kier alpha value is -2.79. The van der Waals surface area contributed by atoms with Crippen molar-refractivity contribution in [1.82, 2.24) is 10.2 Å². The summed E-state index contributed by atoms with van der Waals surface area (Å²) in [5, 5.41) is 3.15. The lowest BCUT2D eigenvalue weighted by Crippen LogP contribution is -2.54. The summed E-state index contributed by atoms with van der Waals surface area (Å²) in [6.07, 6.45) is 4.03. The fourth-order valence-corrected chi connectivity index (χ4v) is 4.29. The normalized spacial score (nSPS) is 21.8. The lowest BCUT2D eigenvalue weighted by Gasteiger charge is -2.43. The molecular formula is C25H31N3O2. The number of ether oxygens (including phenoxy) is 1. The van der Waals surface area contributed by atoms with E-state index < -0.39 is 5.60 Å². The molecule has 0 spiro atoms. The number of nitrogens with one attached hydrogen (secondary N) is 1. The van der Waals surface area contributed by atoms with Crippen LogP contribution < -0.4 is 10.2 Å². The molecule has 1 aliphatic carbocycles. The van der Waals surface area contributed by atoms with E-state index in [4.69, 9.17) is 4.74 Å². The molecule has 0 radical (unpaired) electrons. The number of fused-ring (bicyclic) bond motifs is 1. The first-order valence-electron chi connectivity index (χ1n) is 10.7. The number of nitrogens with zero attached hydrogens (tertiary/aromatic N) is 2. The number of alkyl carbamates (subject to hydrolysis) is 1. The zero-order chi connectivity index (χ0) is 21.1. The van der Waals surface area contributed by atoms with Gasteiger partial charge in [0.2, 0.25) is 0 Å². The molecule has 0 bridgehead atoms. The first-order chi connectivity index (χ1) is 14.4. The molecule has 5 nitrogen and oxygen atoms in total. The number of anilines is 1. The standard InChI is InChI=1S/C25H31N3O2/c1-25(2,3)30-24(29)26-23-21-12-8-7-9-19(21)13-14-22(23)28-17-15-27(16-18-28)20-10-5-4-6-11-20/h4-14,22-23H,15-18H2,1-3H3,(H,26,29)/t22-,23-/m1/s1. The Morgan fingerprint density at radius 1 is 0.967 bits per heavy atom. The lowest BCUT2D eigenvalue weighted by molar-refractivity contribution is 0.0470. The van der Waals surface area contributed by atoms with Crippen molar-refractivity contribution >= 4 is 17.9 Å².